The summed E-state index contributed by atoms with van der Waals surface area (Å²) in [5.74, 6) is 0. The van der Waals surface area contributed by atoms with Gasteiger partial charge in [-0.2, -0.15) is 5.10 Å². The van der Waals surface area contributed by atoms with Crippen LogP contribution in [0.4, 0.5) is 5.69 Å². The van der Waals surface area contributed by atoms with Crippen LogP contribution < -0.4 is 9.58 Å². The molecular formula is C15H14N3+. The van der Waals surface area contributed by atoms with Gasteiger partial charge in [-0.1, -0.05) is 24.3 Å². The number of hydrazone groups is 1. The highest BCUT2D eigenvalue weighted by Gasteiger charge is 2.12. The minimum atomic E-state index is 1.08. The van der Waals surface area contributed by atoms with E-state index < -0.39 is 0 Å². The van der Waals surface area contributed by atoms with E-state index in [-0.39, 0.29) is 0 Å². The molecular weight excluding hydrogens is 222 g/mol. The van der Waals surface area contributed by atoms with Crippen molar-refractivity contribution in [2.45, 2.75) is 0 Å². The Morgan fingerprint density at radius 1 is 1.06 bits per heavy atom. The number of benzene rings is 1. The zero-order valence-corrected chi connectivity index (χ0v) is 10.2. The average Bonchev–Trinajstić information content (AvgIpc) is 2.66. The second kappa shape index (κ2) is 4.45. The molecule has 1 aromatic heterocycles. The molecule has 0 radical (unpaired) electrons. The number of hydrogen-bond acceptors (Lipinski definition) is 2. The molecule has 18 heavy (non-hydrogen) atoms. The molecule has 0 unspecified atom stereocenters. The van der Waals surface area contributed by atoms with Crippen LogP contribution in [0.5, 0.6) is 0 Å². The molecule has 1 aliphatic rings. The predicted octanol–water partition coefficient (Wildman–Crippen LogP) is 2.54. The van der Waals surface area contributed by atoms with Gasteiger partial charge in [0, 0.05) is 23.2 Å². The van der Waals surface area contributed by atoms with E-state index in [1.165, 1.54) is 10.8 Å². The molecule has 3 rings (SSSR count). The van der Waals surface area contributed by atoms with E-state index in [2.05, 4.69) is 46.3 Å². The molecule has 3 nitrogen and oxygen atoms in total. The van der Waals surface area contributed by atoms with Crippen molar-refractivity contribution in [2.75, 3.05) is 5.01 Å². The third-order valence-corrected chi connectivity index (χ3v) is 2.88. The Morgan fingerprint density at radius 3 is 2.89 bits per heavy atom. The summed E-state index contributed by atoms with van der Waals surface area (Å²) < 4.78 is 2.05. The lowest BCUT2D eigenvalue weighted by Gasteiger charge is -2.14. The van der Waals surface area contributed by atoms with Gasteiger partial charge in [-0.25, -0.2) is 9.58 Å². The number of anilines is 1. The summed E-state index contributed by atoms with van der Waals surface area (Å²) in [6.45, 7) is 0. The minimum absolute atomic E-state index is 1.08. The van der Waals surface area contributed by atoms with Crippen LogP contribution in [0, 0.1) is 0 Å². The minimum Gasteiger partial charge on any atom is -0.234 e. The lowest BCUT2D eigenvalue weighted by Crippen LogP contribution is -2.28. The highest BCUT2D eigenvalue weighted by Crippen LogP contribution is 2.25. The van der Waals surface area contributed by atoms with Crippen molar-refractivity contribution in [3.05, 3.63) is 61.1 Å². The van der Waals surface area contributed by atoms with E-state index in [1.807, 2.05) is 36.5 Å². The monoisotopic (exact) mass is 236 g/mol. The number of allylic oxidation sites excluding steroid dienone is 3. The van der Waals surface area contributed by atoms with Crippen molar-refractivity contribution in [1.82, 2.24) is 0 Å². The number of aromatic nitrogens is 1. The number of rotatable bonds is 1. The van der Waals surface area contributed by atoms with Crippen molar-refractivity contribution in [1.29, 1.82) is 0 Å². The summed E-state index contributed by atoms with van der Waals surface area (Å²) in [5.41, 5.74) is 1.08. The molecule has 0 saturated heterocycles. The molecule has 0 atom stereocenters. The van der Waals surface area contributed by atoms with Crippen molar-refractivity contribution < 1.29 is 4.57 Å². The molecule has 0 saturated carbocycles. The number of aryl methyl sites for hydroxylation is 1. The van der Waals surface area contributed by atoms with E-state index in [1.54, 1.807) is 6.21 Å². The lowest BCUT2D eigenvalue weighted by molar-refractivity contribution is -0.669. The second-order valence-corrected chi connectivity index (χ2v) is 4.23. The zero-order chi connectivity index (χ0) is 12.4. The molecule has 0 spiro atoms. The molecule has 0 N–H and O–H groups in total. The first kappa shape index (κ1) is 10.7. The van der Waals surface area contributed by atoms with Gasteiger partial charge in [0.15, 0.2) is 12.4 Å². The van der Waals surface area contributed by atoms with E-state index >= 15 is 0 Å². The zero-order valence-electron chi connectivity index (χ0n) is 10.2. The summed E-state index contributed by atoms with van der Waals surface area (Å²) in [4.78, 5) is 0. The van der Waals surface area contributed by atoms with Gasteiger partial charge in [0.1, 0.15) is 12.7 Å². The van der Waals surface area contributed by atoms with Crippen LogP contribution in [0.2, 0.25) is 0 Å². The third-order valence-electron chi connectivity index (χ3n) is 2.88. The van der Waals surface area contributed by atoms with E-state index in [4.69, 9.17) is 0 Å². The fraction of sp³-hybridized carbons (Fsp3) is 0.0667. The number of hydrogen-bond donors (Lipinski definition) is 0. The summed E-state index contributed by atoms with van der Waals surface area (Å²) in [6.07, 6.45) is 13.8. The van der Waals surface area contributed by atoms with Gasteiger partial charge in [-0.3, -0.25) is 0 Å². The van der Waals surface area contributed by atoms with Crippen molar-refractivity contribution in [2.24, 2.45) is 12.1 Å². The predicted molar refractivity (Wildman–Crippen MR) is 74.4 cm³/mol. The number of pyridine rings is 1. The maximum Gasteiger partial charge on any atom is 0.195 e. The highest BCUT2D eigenvalue weighted by atomic mass is 15.4. The summed E-state index contributed by atoms with van der Waals surface area (Å²) in [5, 5.41) is 8.70. The van der Waals surface area contributed by atoms with Gasteiger partial charge in [0.05, 0.1) is 0 Å². The Labute approximate surface area is 106 Å². The molecule has 0 amide bonds. The molecule has 0 bridgehead atoms. The second-order valence-electron chi connectivity index (χ2n) is 4.23. The van der Waals surface area contributed by atoms with Gasteiger partial charge in [0.25, 0.3) is 0 Å². The van der Waals surface area contributed by atoms with Crippen LogP contribution in [0.3, 0.4) is 0 Å². The Morgan fingerprint density at radius 2 is 1.94 bits per heavy atom. The van der Waals surface area contributed by atoms with E-state index in [9.17, 15) is 0 Å². The van der Waals surface area contributed by atoms with E-state index in [0.29, 0.717) is 0 Å². The van der Waals surface area contributed by atoms with Crippen molar-refractivity contribution in [3.8, 4) is 0 Å². The molecule has 0 aliphatic carbocycles. The average molecular weight is 236 g/mol. The Kier molecular flexibility index (Phi) is 2.65. The van der Waals surface area contributed by atoms with Gasteiger partial charge >= 0.3 is 0 Å². The van der Waals surface area contributed by atoms with E-state index in [0.717, 1.165) is 5.69 Å². The summed E-state index contributed by atoms with van der Waals surface area (Å²) in [7, 11) is 2.03. The van der Waals surface area contributed by atoms with Crippen LogP contribution in [0.25, 0.3) is 10.8 Å². The smallest absolute Gasteiger partial charge is 0.195 e. The summed E-state index contributed by atoms with van der Waals surface area (Å²) >= 11 is 0. The summed E-state index contributed by atoms with van der Waals surface area (Å²) in [6, 6.07) is 8.33. The van der Waals surface area contributed by atoms with Crippen LogP contribution >= 0.6 is 0 Å². The van der Waals surface area contributed by atoms with Crippen LogP contribution in [0.1, 0.15) is 0 Å². The SMILES string of the molecule is C[n+]1cc(N2C=CC=CC=N2)c2ccccc2c1. The normalized spacial score (nSPS) is 14.2. The van der Waals surface area contributed by atoms with Gasteiger partial charge < -0.3 is 0 Å². The Bertz CT molecular complexity index is 652. The van der Waals surface area contributed by atoms with Crippen LogP contribution in [-0.4, -0.2) is 6.21 Å². The number of fused-ring (bicyclic) bond motifs is 1. The quantitative estimate of drug-likeness (QED) is 0.696. The molecule has 1 aliphatic heterocycles. The van der Waals surface area contributed by atoms with Crippen molar-refractivity contribution in [3.63, 3.8) is 0 Å². The topological polar surface area (TPSA) is 19.5 Å². The Hall–Kier alpha value is -2.42. The Balaban J connectivity index is 2.22. The fourth-order valence-corrected chi connectivity index (χ4v) is 2.08. The molecule has 1 aromatic carbocycles. The molecule has 0 fully saturated rings. The fourth-order valence-electron chi connectivity index (χ4n) is 2.08. The number of nitrogens with zero attached hydrogens (tertiary/aromatic N) is 3. The maximum atomic E-state index is 4.41. The lowest BCUT2D eigenvalue weighted by atomic mass is 10.1. The first-order chi connectivity index (χ1) is 8.84. The van der Waals surface area contributed by atoms with Crippen molar-refractivity contribution >= 4 is 22.7 Å². The first-order valence-corrected chi connectivity index (χ1v) is 5.89. The third kappa shape index (κ3) is 1.91. The molecule has 3 heteroatoms. The molecule has 2 heterocycles. The highest BCUT2D eigenvalue weighted by molar-refractivity contribution is 5.93. The van der Waals surface area contributed by atoms with Crippen LogP contribution in [0.15, 0.2) is 66.2 Å². The molecule has 2 aromatic rings. The van der Waals surface area contributed by atoms with Gasteiger partial charge in [-0.15, -0.1) is 0 Å². The van der Waals surface area contributed by atoms with Gasteiger partial charge in [0.2, 0.25) is 0 Å². The maximum absolute atomic E-state index is 4.41. The van der Waals surface area contributed by atoms with Crippen LogP contribution in [-0.2, 0) is 7.05 Å². The standard InChI is InChI=1S/C15H14N3/c1-17-11-13-7-3-4-8-14(13)15(12-17)18-10-6-2-5-9-16-18/h2-12H,1H3/q+1. The largest absolute Gasteiger partial charge is 0.234 e. The molecule has 88 valence electrons. The van der Waals surface area contributed by atoms with Gasteiger partial charge in [-0.05, 0) is 18.2 Å². The first-order valence-electron chi connectivity index (χ1n) is 5.89.